The molecule has 1 aliphatic heterocycles. The minimum atomic E-state index is 0.0726. The number of piperidine rings is 1. The molecule has 1 fully saturated rings. The summed E-state index contributed by atoms with van der Waals surface area (Å²) in [6.07, 6.45) is 2.71. The second-order valence-corrected chi connectivity index (χ2v) is 7.57. The lowest BCUT2D eigenvalue weighted by Crippen LogP contribution is -2.40. The van der Waals surface area contributed by atoms with Gasteiger partial charge in [0, 0.05) is 24.7 Å². The Bertz CT molecular complexity index is 748. The number of halogens is 1. The third-order valence-electron chi connectivity index (χ3n) is 5.07. The van der Waals surface area contributed by atoms with Crippen LogP contribution in [-0.4, -0.2) is 37.6 Å². The predicted octanol–water partition coefficient (Wildman–Crippen LogP) is 3.92. The number of nitrogens with one attached hydrogen (secondary N) is 1. The summed E-state index contributed by atoms with van der Waals surface area (Å²) in [6, 6.07) is 15.7. The van der Waals surface area contributed by atoms with E-state index in [0.29, 0.717) is 12.3 Å². The molecule has 0 bridgehead atoms. The van der Waals surface area contributed by atoms with Crippen LogP contribution in [0.1, 0.15) is 24.0 Å². The van der Waals surface area contributed by atoms with E-state index in [0.717, 1.165) is 55.4 Å². The van der Waals surface area contributed by atoms with Gasteiger partial charge in [-0.15, -0.1) is 0 Å². The van der Waals surface area contributed by atoms with E-state index in [2.05, 4.69) is 16.3 Å². The molecule has 2 aromatic carbocycles. The molecule has 144 valence electrons. The first-order valence-corrected chi connectivity index (χ1v) is 9.87. The Morgan fingerprint density at radius 2 is 2.00 bits per heavy atom. The number of likely N-dealkylation sites (tertiary alicyclic amines) is 1. The van der Waals surface area contributed by atoms with Crippen molar-refractivity contribution >= 4 is 17.5 Å². The van der Waals surface area contributed by atoms with Crippen molar-refractivity contribution in [3.8, 4) is 5.75 Å². The van der Waals surface area contributed by atoms with Gasteiger partial charge in [0.25, 0.3) is 0 Å². The van der Waals surface area contributed by atoms with Crippen molar-refractivity contribution < 1.29 is 9.53 Å². The lowest BCUT2D eigenvalue weighted by Gasteiger charge is -2.33. The number of ether oxygens (including phenoxy) is 1. The van der Waals surface area contributed by atoms with E-state index < -0.39 is 0 Å². The van der Waals surface area contributed by atoms with Gasteiger partial charge in [-0.2, -0.15) is 0 Å². The van der Waals surface area contributed by atoms with Crippen LogP contribution in [0, 0.1) is 5.92 Å². The van der Waals surface area contributed by atoms with Crippen LogP contribution in [0.3, 0.4) is 0 Å². The Kier molecular flexibility index (Phi) is 7.13. The Hall–Kier alpha value is -2.04. The number of amides is 1. The van der Waals surface area contributed by atoms with E-state index in [4.69, 9.17) is 16.3 Å². The van der Waals surface area contributed by atoms with Crippen LogP contribution >= 0.6 is 11.6 Å². The minimum Gasteiger partial charge on any atom is -0.497 e. The molecule has 1 saturated heterocycles. The van der Waals surface area contributed by atoms with Crippen molar-refractivity contribution in [3.05, 3.63) is 64.7 Å². The summed E-state index contributed by atoms with van der Waals surface area (Å²) in [5.74, 6) is 1.37. The minimum absolute atomic E-state index is 0.0726. The van der Waals surface area contributed by atoms with Crippen molar-refractivity contribution in [2.24, 2.45) is 5.92 Å². The third-order valence-corrected chi connectivity index (χ3v) is 5.44. The van der Waals surface area contributed by atoms with Gasteiger partial charge < -0.3 is 10.1 Å². The second-order valence-electron chi connectivity index (χ2n) is 7.16. The van der Waals surface area contributed by atoms with Gasteiger partial charge in [0.2, 0.25) is 5.91 Å². The largest absolute Gasteiger partial charge is 0.497 e. The summed E-state index contributed by atoms with van der Waals surface area (Å²) < 4.78 is 5.15. The Labute approximate surface area is 166 Å². The Morgan fingerprint density at radius 3 is 2.74 bits per heavy atom. The number of hydrogen-bond acceptors (Lipinski definition) is 3. The normalized spacial score (nSPS) is 17.5. The summed E-state index contributed by atoms with van der Waals surface area (Å²) in [5, 5.41) is 3.93. The summed E-state index contributed by atoms with van der Waals surface area (Å²) >= 11 is 6.29. The van der Waals surface area contributed by atoms with Gasteiger partial charge in [-0.25, -0.2) is 0 Å². The van der Waals surface area contributed by atoms with E-state index in [1.807, 2.05) is 42.5 Å². The standard InChI is InChI=1S/C22H27ClN2O2/c1-27-20-10-8-17(9-11-20)13-22(26)24-14-18-5-4-12-25(15-18)16-19-6-2-3-7-21(19)23/h2-3,6-11,18H,4-5,12-16H2,1H3,(H,24,26)/t18-/m0/s1. The highest BCUT2D eigenvalue weighted by Gasteiger charge is 2.21. The van der Waals surface area contributed by atoms with Gasteiger partial charge in [0.1, 0.15) is 5.75 Å². The summed E-state index contributed by atoms with van der Waals surface area (Å²) in [4.78, 5) is 14.7. The summed E-state index contributed by atoms with van der Waals surface area (Å²) in [7, 11) is 1.64. The van der Waals surface area contributed by atoms with E-state index >= 15 is 0 Å². The first-order chi connectivity index (χ1) is 13.1. The van der Waals surface area contributed by atoms with Crippen molar-refractivity contribution in [1.29, 1.82) is 0 Å². The molecule has 0 radical (unpaired) electrons. The molecule has 0 aliphatic carbocycles. The van der Waals surface area contributed by atoms with Crippen LogP contribution in [0.15, 0.2) is 48.5 Å². The number of benzene rings is 2. The molecule has 4 nitrogen and oxygen atoms in total. The first kappa shape index (κ1) is 19.7. The summed E-state index contributed by atoms with van der Waals surface area (Å²) in [5.41, 5.74) is 2.17. The van der Waals surface area contributed by atoms with Crippen LogP contribution in [-0.2, 0) is 17.8 Å². The number of carbonyl (C=O) groups is 1. The maximum atomic E-state index is 12.3. The van der Waals surface area contributed by atoms with Gasteiger partial charge in [-0.3, -0.25) is 9.69 Å². The maximum Gasteiger partial charge on any atom is 0.224 e. The molecule has 0 aromatic heterocycles. The van der Waals surface area contributed by atoms with E-state index in [1.165, 1.54) is 5.56 Å². The fraction of sp³-hybridized carbons (Fsp3) is 0.409. The molecule has 1 N–H and O–H groups in total. The summed E-state index contributed by atoms with van der Waals surface area (Å²) in [6.45, 7) is 3.68. The highest BCUT2D eigenvalue weighted by atomic mass is 35.5. The average Bonchev–Trinajstić information content (AvgIpc) is 2.69. The van der Waals surface area contributed by atoms with Crippen LogP contribution < -0.4 is 10.1 Å². The molecule has 3 rings (SSSR count). The van der Waals surface area contributed by atoms with Gasteiger partial charge >= 0.3 is 0 Å². The molecule has 1 amide bonds. The van der Waals surface area contributed by atoms with Crippen LogP contribution in [0.2, 0.25) is 5.02 Å². The van der Waals surface area contributed by atoms with Crippen molar-refractivity contribution in [3.63, 3.8) is 0 Å². The predicted molar refractivity (Wildman–Crippen MR) is 109 cm³/mol. The molecular formula is C22H27ClN2O2. The number of rotatable bonds is 7. The molecule has 0 saturated carbocycles. The topological polar surface area (TPSA) is 41.6 Å². The molecular weight excluding hydrogens is 360 g/mol. The highest BCUT2D eigenvalue weighted by Crippen LogP contribution is 2.22. The second kappa shape index (κ2) is 9.77. The Morgan fingerprint density at radius 1 is 1.22 bits per heavy atom. The molecule has 0 spiro atoms. The van der Waals surface area contributed by atoms with Crippen molar-refractivity contribution in [2.45, 2.75) is 25.8 Å². The lowest BCUT2D eigenvalue weighted by molar-refractivity contribution is -0.120. The van der Waals surface area contributed by atoms with Crippen LogP contribution in [0.5, 0.6) is 5.75 Å². The maximum absolute atomic E-state index is 12.3. The monoisotopic (exact) mass is 386 g/mol. The molecule has 1 aliphatic rings. The molecule has 27 heavy (non-hydrogen) atoms. The quantitative estimate of drug-likeness (QED) is 0.784. The first-order valence-electron chi connectivity index (χ1n) is 9.49. The van der Waals surface area contributed by atoms with Crippen molar-refractivity contribution in [1.82, 2.24) is 10.2 Å². The zero-order chi connectivity index (χ0) is 19.1. The number of methoxy groups -OCH3 is 1. The fourth-order valence-corrected chi connectivity index (χ4v) is 3.77. The van der Waals surface area contributed by atoms with Crippen LogP contribution in [0.4, 0.5) is 0 Å². The number of nitrogens with zero attached hydrogens (tertiary/aromatic N) is 1. The fourth-order valence-electron chi connectivity index (χ4n) is 3.58. The molecule has 2 aromatic rings. The zero-order valence-corrected chi connectivity index (χ0v) is 16.5. The molecule has 0 unspecified atom stereocenters. The van der Waals surface area contributed by atoms with Crippen LogP contribution in [0.25, 0.3) is 0 Å². The molecule has 1 atom stereocenters. The number of hydrogen-bond donors (Lipinski definition) is 1. The Balaban J connectivity index is 1.44. The average molecular weight is 387 g/mol. The van der Waals surface area contributed by atoms with E-state index in [9.17, 15) is 4.79 Å². The van der Waals surface area contributed by atoms with Gasteiger partial charge in [-0.05, 0) is 54.6 Å². The molecule has 5 heteroatoms. The van der Waals surface area contributed by atoms with E-state index in [1.54, 1.807) is 7.11 Å². The highest BCUT2D eigenvalue weighted by molar-refractivity contribution is 6.31. The molecule has 1 heterocycles. The van der Waals surface area contributed by atoms with Gasteiger partial charge in [-0.1, -0.05) is 41.9 Å². The van der Waals surface area contributed by atoms with Crippen molar-refractivity contribution in [2.75, 3.05) is 26.7 Å². The van der Waals surface area contributed by atoms with Gasteiger partial charge in [0.05, 0.1) is 13.5 Å². The zero-order valence-electron chi connectivity index (χ0n) is 15.8. The smallest absolute Gasteiger partial charge is 0.224 e. The number of carbonyl (C=O) groups excluding carboxylic acids is 1. The van der Waals surface area contributed by atoms with Gasteiger partial charge in [0.15, 0.2) is 0 Å². The third kappa shape index (κ3) is 5.98. The SMILES string of the molecule is COc1ccc(CC(=O)NC[C@@H]2CCCN(Cc3ccccc3Cl)C2)cc1. The van der Waals surface area contributed by atoms with E-state index in [-0.39, 0.29) is 5.91 Å². The lowest BCUT2D eigenvalue weighted by atomic mass is 9.97.